The second-order valence-electron chi connectivity index (χ2n) is 4.61. The highest BCUT2D eigenvalue weighted by Crippen LogP contribution is 2.30. The fraction of sp³-hybridized carbons (Fsp3) is 0.417. The van der Waals surface area contributed by atoms with Crippen molar-refractivity contribution in [1.82, 2.24) is 4.72 Å². The van der Waals surface area contributed by atoms with Crippen LogP contribution in [0.25, 0.3) is 0 Å². The molecule has 21 heavy (non-hydrogen) atoms. The van der Waals surface area contributed by atoms with Crippen LogP contribution >= 0.6 is 35.0 Å². The molecule has 1 fully saturated rings. The molecule has 1 aromatic rings. The van der Waals surface area contributed by atoms with E-state index in [1.54, 1.807) is 11.8 Å². The number of hydrogen-bond donors (Lipinski definition) is 2. The van der Waals surface area contributed by atoms with Crippen LogP contribution in [0.4, 0.5) is 0 Å². The molecule has 1 heterocycles. The van der Waals surface area contributed by atoms with Crippen LogP contribution in [-0.4, -0.2) is 37.0 Å². The van der Waals surface area contributed by atoms with Gasteiger partial charge in [0.05, 0.1) is 10.6 Å². The van der Waals surface area contributed by atoms with E-state index in [2.05, 4.69) is 4.72 Å². The Morgan fingerprint density at radius 3 is 2.67 bits per heavy atom. The second-order valence-corrected chi connectivity index (χ2v) is 8.25. The molecule has 1 saturated heterocycles. The number of benzene rings is 1. The van der Waals surface area contributed by atoms with Gasteiger partial charge in [0.25, 0.3) is 0 Å². The summed E-state index contributed by atoms with van der Waals surface area (Å²) in [6, 6.07) is 2.10. The lowest BCUT2D eigenvalue weighted by Gasteiger charge is -2.22. The van der Waals surface area contributed by atoms with Crippen molar-refractivity contribution in [2.75, 3.05) is 11.5 Å². The van der Waals surface area contributed by atoms with E-state index in [1.165, 1.54) is 0 Å². The molecule has 0 aliphatic carbocycles. The van der Waals surface area contributed by atoms with Gasteiger partial charge in [-0.25, -0.2) is 17.9 Å². The smallest absolute Gasteiger partial charge is 0.337 e. The third-order valence-corrected chi connectivity index (χ3v) is 6.50. The lowest BCUT2D eigenvalue weighted by Crippen LogP contribution is -2.38. The standard InChI is InChI=1S/C12H13Cl2NO4S2/c13-7-4-9(12(16)17)11(14)10(5-7)21(18,19)15-8-2-1-3-20-6-8/h4-5,8,15H,1-3,6H2,(H,16,17). The van der Waals surface area contributed by atoms with Crippen molar-refractivity contribution < 1.29 is 18.3 Å². The maximum Gasteiger partial charge on any atom is 0.337 e. The van der Waals surface area contributed by atoms with Crippen molar-refractivity contribution in [2.45, 2.75) is 23.8 Å². The summed E-state index contributed by atoms with van der Waals surface area (Å²) < 4.78 is 27.3. The first-order valence-electron chi connectivity index (χ1n) is 6.13. The van der Waals surface area contributed by atoms with Crippen LogP contribution in [0.3, 0.4) is 0 Å². The van der Waals surface area contributed by atoms with Crippen LogP contribution in [0.2, 0.25) is 10.0 Å². The minimum Gasteiger partial charge on any atom is -0.478 e. The summed E-state index contributed by atoms with van der Waals surface area (Å²) in [6.45, 7) is 0. The fourth-order valence-electron chi connectivity index (χ4n) is 2.03. The Labute approximate surface area is 137 Å². The van der Waals surface area contributed by atoms with Crippen LogP contribution in [0.5, 0.6) is 0 Å². The van der Waals surface area contributed by atoms with E-state index in [1.807, 2.05) is 0 Å². The second kappa shape index (κ2) is 6.75. The Morgan fingerprint density at radius 2 is 2.10 bits per heavy atom. The molecular weight excluding hydrogens is 357 g/mol. The Balaban J connectivity index is 2.37. The number of hydrogen-bond acceptors (Lipinski definition) is 4. The predicted molar refractivity (Wildman–Crippen MR) is 84.1 cm³/mol. The highest BCUT2D eigenvalue weighted by Gasteiger charge is 2.27. The molecule has 0 radical (unpaired) electrons. The van der Waals surface area contributed by atoms with Crippen molar-refractivity contribution in [3.63, 3.8) is 0 Å². The number of carboxylic acids is 1. The average molecular weight is 370 g/mol. The Kier molecular flexibility index (Phi) is 5.43. The molecule has 2 N–H and O–H groups in total. The summed E-state index contributed by atoms with van der Waals surface area (Å²) in [5.74, 6) is 0.370. The number of carboxylic acid groups (broad SMARTS) is 1. The first-order chi connectivity index (χ1) is 9.81. The molecule has 0 amide bonds. The predicted octanol–water partition coefficient (Wildman–Crippen LogP) is 2.87. The van der Waals surface area contributed by atoms with Gasteiger partial charge in [-0.2, -0.15) is 11.8 Å². The van der Waals surface area contributed by atoms with E-state index in [0.29, 0.717) is 5.75 Å². The molecule has 1 unspecified atom stereocenters. The van der Waals surface area contributed by atoms with Crippen molar-refractivity contribution in [2.24, 2.45) is 0 Å². The van der Waals surface area contributed by atoms with Gasteiger partial charge in [-0.05, 0) is 30.7 Å². The van der Waals surface area contributed by atoms with Gasteiger partial charge in [-0.1, -0.05) is 23.2 Å². The van der Waals surface area contributed by atoms with Gasteiger partial charge in [0.1, 0.15) is 4.90 Å². The number of carbonyl (C=O) groups is 1. The van der Waals surface area contributed by atoms with Gasteiger partial charge >= 0.3 is 5.97 Å². The average Bonchev–Trinajstić information content (AvgIpc) is 2.41. The van der Waals surface area contributed by atoms with Crippen molar-refractivity contribution in [3.05, 3.63) is 27.7 Å². The maximum absolute atomic E-state index is 12.4. The molecule has 1 aliphatic heterocycles. The molecule has 0 bridgehead atoms. The highest BCUT2D eigenvalue weighted by atomic mass is 35.5. The van der Waals surface area contributed by atoms with Gasteiger partial charge in [0.15, 0.2) is 0 Å². The summed E-state index contributed by atoms with van der Waals surface area (Å²) in [5.41, 5.74) is -0.331. The summed E-state index contributed by atoms with van der Waals surface area (Å²) in [5, 5.41) is 8.72. The van der Waals surface area contributed by atoms with Gasteiger partial charge in [-0.3, -0.25) is 0 Å². The quantitative estimate of drug-likeness (QED) is 0.852. The van der Waals surface area contributed by atoms with Crippen molar-refractivity contribution in [1.29, 1.82) is 0 Å². The summed E-state index contributed by atoms with van der Waals surface area (Å²) in [6.07, 6.45) is 1.68. The van der Waals surface area contributed by atoms with Crippen LogP contribution in [0.1, 0.15) is 23.2 Å². The Hall–Kier alpha value is -0.470. The summed E-state index contributed by atoms with van der Waals surface area (Å²) >= 11 is 13.4. The first kappa shape index (κ1) is 16.9. The molecule has 116 valence electrons. The molecule has 0 saturated carbocycles. The monoisotopic (exact) mass is 369 g/mol. The third-order valence-electron chi connectivity index (χ3n) is 3.01. The minimum absolute atomic E-state index is 0.00944. The zero-order valence-electron chi connectivity index (χ0n) is 10.8. The van der Waals surface area contributed by atoms with Crippen LogP contribution in [0.15, 0.2) is 17.0 Å². The topological polar surface area (TPSA) is 83.5 Å². The van der Waals surface area contributed by atoms with Gasteiger partial charge in [0, 0.05) is 16.8 Å². The minimum atomic E-state index is -3.91. The van der Waals surface area contributed by atoms with E-state index >= 15 is 0 Å². The fourth-order valence-corrected chi connectivity index (χ4v) is 5.38. The maximum atomic E-state index is 12.4. The van der Waals surface area contributed by atoms with Gasteiger partial charge < -0.3 is 5.11 Å². The van der Waals surface area contributed by atoms with E-state index in [0.717, 1.165) is 30.7 Å². The number of halogens is 2. The normalized spacial score (nSPS) is 19.4. The number of nitrogens with one attached hydrogen (secondary N) is 1. The molecule has 2 rings (SSSR count). The summed E-state index contributed by atoms with van der Waals surface area (Å²) in [4.78, 5) is 10.8. The molecule has 5 nitrogen and oxygen atoms in total. The van der Waals surface area contributed by atoms with E-state index in [9.17, 15) is 13.2 Å². The largest absolute Gasteiger partial charge is 0.478 e. The van der Waals surface area contributed by atoms with Crippen molar-refractivity contribution in [3.8, 4) is 0 Å². The number of sulfonamides is 1. The molecule has 1 aromatic carbocycles. The van der Waals surface area contributed by atoms with Crippen LogP contribution in [-0.2, 0) is 10.0 Å². The van der Waals surface area contributed by atoms with Gasteiger partial charge in [0.2, 0.25) is 10.0 Å². The zero-order chi connectivity index (χ0) is 15.6. The van der Waals surface area contributed by atoms with E-state index in [-0.39, 0.29) is 26.5 Å². The molecule has 1 aliphatic rings. The molecular formula is C12H13Cl2NO4S2. The van der Waals surface area contributed by atoms with Gasteiger partial charge in [-0.15, -0.1) is 0 Å². The third kappa shape index (κ3) is 4.04. The summed E-state index contributed by atoms with van der Waals surface area (Å²) in [7, 11) is -3.91. The molecule has 0 aromatic heterocycles. The molecule has 1 atom stereocenters. The van der Waals surface area contributed by atoms with Crippen LogP contribution in [0, 0.1) is 0 Å². The Bertz CT molecular complexity index is 657. The number of rotatable bonds is 4. The lowest BCUT2D eigenvalue weighted by atomic mass is 10.2. The Morgan fingerprint density at radius 1 is 1.38 bits per heavy atom. The number of aromatic carboxylic acids is 1. The van der Waals surface area contributed by atoms with Crippen LogP contribution < -0.4 is 4.72 Å². The van der Waals surface area contributed by atoms with E-state index < -0.39 is 16.0 Å². The zero-order valence-corrected chi connectivity index (χ0v) is 13.9. The molecule has 9 heteroatoms. The number of thioether (sulfide) groups is 1. The SMILES string of the molecule is O=C(O)c1cc(Cl)cc(S(=O)(=O)NC2CCCSC2)c1Cl. The van der Waals surface area contributed by atoms with E-state index in [4.69, 9.17) is 28.3 Å². The molecule has 0 spiro atoms. The van der Waals surface area contributed by atoms with Crippen molar-refractivity contribution >= 4 is 51.0 Å². The lowest BCUT2D eigenvalue weighted by molar-refractivity contribution is 0.0697. The highest BCUT2D eigenvalue weighted by molar-refractivity contribution is 7.99. The first-order valence-corrected chi connectivity index (χ1v) is 9.53.